The van der Waals surface area contributed by atoms with Crippen molar-refractivity contribution in [2.45, 2.75) is 109 Å². The summed E-state index contributed by atoms with van der Waals surface area (Å²) in [5, 5.41) is 0. The van der Waals surface area contributed by atoms with Gasteiger partial charge in [-0.15, -0.1) is 0 Å². The molecule has 3 rings (SSSR count). The topological polar surface area (TPSA) is 63.2 Å². The third-order valence-corrected chi connectivity index (χ3v) is 7.35. The third kappa shape index (κ3) is 8.47. The second kappa shape index (κ2) is 15.0. The molecule has 4 atom stereocenters. The number of carbonyl (C=O) groups is 1. The molecule has 1 saturated carbocycles. The molecule has 0 bridgehead atoms. The van der Waals surface area contributed by atoms with Gasteiger partial charge >= 0.3 is 5.97 Å². The fourth-order valence-corrected chi connectivity index (χ4v) is 5.41. The van der Waals surface area contributed by atoms with Crippen molar-refractivity contribution in [3.05, 3.63) is 24.3 Å². The fraction of sp³-hybridized carbons (Fsp3) is 0.821. The zero-order valence-electron chi connectivity index (χ0n) is 21.4. The maximum Gasteiger partial charge on any atom is 0.305 e. The molecule has 0 aromatic heterocycles. The number of ether oxygens (including phenoxy) is 5. The van der Waals surface area contributed by atoms with Crippen LogP contribution in [-0.4, -0.2) is 51.1 Å². The number of carbonyl (C=O) groups excluding carboxylic acids is 1. The van der Waals surface area contributed by atoms with Gasteiger partial charge in [-0.3, -0.25) is 4.79 Å². The Kier molecular flexibility index (Phi) is 12.1. The summed E-state index contributed by atoms with van der Waals surface area (Å²) in [6, 6.07) is 0. The number of hydrogen-bond acceptors (Lipinski definition) is 6. The predicted octanol–water partition coefficient (Wildman–Crippen LogP) is 6.09. The molecule has 1 aliphatic carbocycles. The van der Waals surface area contributed by atoms with E-state index in [-0.39, 0.29) is 18.4 Å². The molecule has 1 spiro atoms. The minimum absolute atomic E-state index is 0.0647. The number of rotatable bonds is 14. The van der Waals surface area contributed by atoms with Crippen LogP contribution < -0.4 is 0 Å². The maximum atomic E-state index is 11.3. The molecule has 0 aromatic rings. The Morgan fingerprint density at radius 1 is 1.09 bits per heavy atom. The first-order chi connectivity index (χ1) is 16.7. The fourth-order valence-electron chi connectivity index (χ4n) is 5.41. The van der Waals surface area contributed by atoms with Gasteiger partial charge in [0, 0.05) is 25.4 Å². The Balaban J connectivity index is 1.58. The van der Waals surface area contributed by atoms with Gasteiger partial charge in [0.1, 0.15) is 0 Å². The largest absolute Gasteiger partial charge is 0.469 e. The van der Waals surface area contributed by atoms with E-state index in [1.807, 2.05) is 0 Å². The van der Waals surface area contributed by atoms with Crippen LogP contribution in [0.5, 0.6) is 0 Å². The van der Waals surface area contributed by atoms with E-state index in [0.717, 1.165) is 58.0 Å². The van der Waals surface area contributed by atoms with Crippen LogP contribution in [0.4, 0.5) is 0 Å². The Morgan fingerprint density at radius 2 is 1.94 bits per heavy atom. The quantitative estimate of drug-likeness (QED) is 0.171. The van der Waals surface area contributed by atoms with E-state index >= 15 is 0 Å². The van der Waals surface area contributed by atoms with Gasteiger partial charge in [0.25, 0.3) is 0 Å². The monoisotopic (exact) mass is 478 g/mol. The van der Waals surface area contributed by atoms with Crippen LogP contribution in [0, 0.1) is 11.8 Å². The second-order valence-electron chi connectivity index (χ2n) is 9.84. The van der Waals surface area contributed by atoms with Gasteiger partial charge in [0.05, 0.1) is 26.4 Å². The van der Waals surface area contributed by atoms with E-state index in [1.165, 1.54) is 32.8 Å². The lowest BCUT2D eigenvalue weighted by atomic mass is 9.88. The first kappa shape index (κ1) is 27.4. The first-order valence-corrected chi connectivity index (χ1v) is 13.6. The highest BCUT2D eigenvalue weighted by Crippen LogP contribution is 2.48. The molecule has 6 nitrogen and oxygen atoms in total. The van der Waals surface area contributed by atoms with Crippen molar-refractivity contribution < 1.29 is 28.5 Å². The van der Waals surface area contributed by atoms with Crippen LogP contribution >= 0.6 is 0 Å². The summed E-state index contributed by atoms with van der Waals surface area (Å²) in [6.07, 6.45) is 22.2. The highest BCUT2D eigenvalue weighted by molar-refractivity contribution is 5.69. The number of unbranched alkanes of at least 4 members (excludes halogenated alkanes) is 3. The van der Waals surface area contributed by atoms with E-state index in [4.69, 9.17) is 23.7 Å². The van der Waals surface area contributed by atoms with Crippen molar-refractivity contribution >= 4 is 5.97 Å². The van der Waals surface area contributed by atoms with Crippen LogP contribution in [0.15, 0.2) is 24.3 Å². The summed E-state index contributed by atoms with van der Waals surface area (Å²) in [7, 11) is 1.44. The molecule has 2 aliphatic heterocycles. The lowest BCUT2D eigenvalue weighted by molar-refractivity contribution is -0.184. The smallest absolute Gasteiger partial charge is 0.305 e. The summed E-state index contributed by atoms with van der Waals surface area (Å²) in [4.78, 5) is 11.3. The SMILES string of the molecule is CCCCC[C@@H](/C=C/[C@H]1CCC2(OCCO2)[C@@H]1C/C=C\CCCC(=O)OC)OC1CCCCO1. The van der Waals surface area contributed by atoms with Crippen LogP contribution in [-0.2, 0) is 28.5 Å². The summed E-state index contributed by atoms with van der Waals surface area (Å²) >= 11 is 0. The summed E-state index contributed by atoms with van der Waals surface area (Å²) < 4.78 is 29.3. The van der Waals surface area contributed by atoms with Crippen LogP contribution in [0.1, 0.15) is 90.4 Å². The molecule has 1 unspecified atom stereocenters. The van der Waals surface area contributed by atoms with Gasteiger partial charge in [0.15, 0.2) is 12.1 Å². The van der Waals surface area contributed by atoms with Crippen LogP contribution in [0.2, 0.25) is 0 Å². The second-order valence-corrected chi connectivity index (χ2v) is 9.84. The van der Waals surface area contributed by atoms with Gasteiger partial charge in [-0.25, -0.2) is 0 Å². The molecule has 0 radical (unpaired) electrons. The van der Waals surface area contributed by atoms with Crippen molar-refractivity contribution in [1.82, 2.24) is 0 Å². The summed E-state index contributed by atoms with van der Waals surface area (Å²) in [6.45, 7) is 4.40. The van der Waals surface area contributed by atoms with Crippen LogP contribution in [0.3, 0.4) is 0 Å². The molecule has 2 saturated heterocycles. The van der Waals surface area contributed by atoms with Crippen molar-refractivity contribution in [3.63, 3.8) is 0 Å². The minimum Gasteiger partial charge on any atom is -0.469 e. The van der Waals surface area contributed by atoms with Gasteiger partial charge in [-0.05, 0) is 57.3 Å². The molecule has 0 amide bonds. The lowest BCUT2D eigenvalue weighted by Crippen LogP contribution is -2.36. The molecule has 2 heterocycles. The van der Waals surface area contributed by atoms with Gasteiger partial charge in [0.2, 0.25) is 0 Å². The molecule has 3 fully saturated rings. The third-order valence-electron chi connectivity index (χ3n) is 7.35. The van der Waals surface area contributed by atoms with E-state index in [9.17, 15) is 4.79 Å². The van der Waals surface area contributed by atoms with E-state index in [0.29, 0.717) is 31.5 Å². The molecule has 6 heteroatoms. The molecule has 3 aliphatic rings. The molecular weight excluding hydrogens is 432 g/mol. The Hall–Kier alpha value is -1.21. The highest BCUT2D eigenvalue weighted by atomic mass is 16.7. The van der Waals surface area contributed by atoms with Crippen molar-refractivity contribution in [3.8, 4) is 0 Å². The van der Waals surface area contributed by atoms with Gasteiger partial charge in [-0.2, -0.15) is 0 Å². The number of hydrogen-bond donors (Lipinski definition) is 0. The molecular formula is C28H46O6. The number of allylic oxidation sites excluding steroid dienone is 3. The highest BCUT2D eigenvalue weighted by Gasteiger charge is 2.51. The predicted molar refractivity (Wildman–Crippen MR) is 132 cm³/mol. The number of esters is 1. The average Bonchev–Trinajstić information content (AvgIpc) is 3.47. The zero-order valence-corrected chi connectivity index (χ0v) is 21.4. The Bertz CT molecular complexity index is 633. The Labute approximate surface area is 206 Å². The van der Waals surface area contributed by atoms with E-state index in [2.05, 4.69) is 31.2 Å². The van der Waals surface area contributed by atoms with E-state index < -0.39 is 5.79 Å². The van der Waals surface area contributed by atoms with E-state index in [1.54, 1.807) is 0 Å². The number of methoxy groups -OCH3 is 1. The summed E-state index contributed by atoms with van der Waals surface area (Å²) in [5.74, 6) is 0.110. The molecule has 0 N–H and O–H groups in total. The molecule has 34 heavy (non-hydrogen) atoms. The average molecular weight is 479 g/mol. The molecule has 0 aromatic carbocycles. The standard InChI is InChI=1S/C28H46O6/c1-3-4-7-12-24(34-27-15-10-11-20-31-27)17-16-23-18-19-28(32-21-22-33-28)25(23)13-8-5-6-9-14-26(29)30-2/h5,8,16-17,23-25,27H,3-4,6-7,9-15,18-22H2,1-2H3/b8-5-,17-16+/t23-,24-,25+,27?/m0/s1. The first-order valence-electron chi connectivity index (χ1n) is 13.6. The minimum atomic E-state index is -0.448. The Morgan fingerprint density at radius 3 is 2.68 bits per heavy atom. The maximum absolute atomic E-state index is 11.3. The zero-order chi connectivity index (χ0) is 24.1. The lowest BCUT2D eigenvalue weighted by Gasteiger charge is -2.31. The van der Waals surface area contributed by atoms with Gasteiger partial charge in [-0.1, -0.05) is 50.5 Å². The van der Waals surface area contributed by atoms with Crippen molar-refractivity contribution in [1.29, 1.82) is 0 Å². The molecule has 194 valence electrons. The normalized spacial score (nSPS) is 27.8. The van der Waals surface area contributed by atoms with Crippen molar-refractivity contribution in [2.75, 3.05) is 26.9 Å². The van der Waals surface area contributed by atoms with Crippen molar-refractivity contribution in [2.24, 2.45) is 11.8 Å². The van der Waals surface area contributed by atoms with Crippen LogP contribution in [0.25, 0.3) is 0 Å². The summed E-state index contributed by atoms with van der Waals surface area (Å²) in [5.41, 5.74) is 0. The van der Waals surface area contributed by atoms with Gasteiger partial charge < -0.3 is 23.7 Å².